The van der Waals surface area contributed by atoms with Crippen molar-refractivity contribution in [3.63, 3.8) is 0 Å². The third-order valence-corrected chi connectivity index (χ3v) is 8.36. The average Bonchev–Trinajstić information content (AvgIpc) is 3.76. The summed E-state index contributed by atoms with van der Waals surface area (Å²) in [4.78, 5) is 30.7. The number of amides is 1. The summed E-state index contributed by atoms with van der Waals surface area (Å²) in [7, 11) is 1.55. The molecule has 0 saturated carbocycles. The zero-order valence-electron chi connectivity index (χ0n) is 24.3. The Labute approximate surface area is 246 Å². The Hall–Kier alpha value is -3.38. The van der Waals surface area contributed by atoms with Crippen LogP contribution < -0.4 is 24.8 Å². The molecule has 2 fully saturated rings. The molecule has 3 aliphatic heterocycles. The highest BCUT2D eigenvalue weighted by Gasteiger charge is 2.48. The van der Waals surface area contributed by atoms with Gasteiger partial charge in [0.05, 0.1) is 32.8 Å². The van der Waals surface area contributed by atoms with Crippen molar-refractivity contribution in [2.75, 3.05) is 51.7 Å². The minimum atomic E-state index is -0.914. The van der Waals surface area contributed by atoms with Crippen molar-refractivity contribution >= 4 is 17.6 Å². The molecule has 0 spiro atoms. The van der Waals surface area contributed by atoms with E-state index in [1.807, 2.05) is 41.3 Å². The quantitative estimate of drug-likeness (QED) is 0.362. The number of nitrogens with zero attached hydrogens (tertiary/aromatic N) is 2. The van der Waals surface area contributed by atoms with Gasteiger partial charge in [0.25, 0.3) is 0 Å². The molecule has 0 aliphatic carbocycles. The van der Waals surface area contributed by atoms with Crippen molar-refractivity contribution in [3.05, 3.63) is 47.5 Å². The molecule has 3 unspecified atom stereocenters. The Balaban J connectivity index is 1.45. The summed E-state index contributed by atoms with van der Waals surface area (Å²) in [5, 5.41) is 10.6. The largest absolute Gasteiger partial charge is 0.493 e. The number of fused-ring (bicyclic) bond motifs is 1. The van der Waals surface area contributed by atoms with Gasteiger partial charge in [0, 0.05) is 37.3 Å². The molecular weight excluding hydrogens is 542 g/mol. The molecule has 0 aromatic heterocycles. The fourth-order valence-electron chi connectivity index (χ4n) is 6.26. The fraction of sp³-hybridized carbons (Fsp3) is 0.548. The number of aliphatic carboxylic acids is 1. The maximum absolute atomic E-state index is 14.0. The van der Waals surface area contributed by atoms with Gasteiger partial charge in [-0.1, -0.05) is 25.5 Å². The van der Waals surface area contributed by atoms with Gasteiger partial charge in [-0.3, -0.25) is 14.5 Å². The Morgan fingerprint density at radius 3 is 2.67 bits per heavy atom. The molecule has 3 heterocycles. The number of hydrogen-bond donors (Lipinski definition) is 2. The van der Waals surface area contributed by atoms with E-state index in [2.05, 4.69) is 6.92 Å². The molecule has 2 aromatic carbocycles. The first kappa shape index (κ1) is 30.1. The van der Waals surface area contributed by atoms with Crippen LogP contribution >= 0.6 is 0 Å². The number of carboxylic acids is 1. The standard InChI is InChI=1S/C31H41N3O8/c1-3-4-10-34(22-7-5-6-20(13-22)16-32)27(35)18-33-17-23(21-14-25(38-2)30-26(15-21)41-19-42-30)29(31(36)37)24(33)8-9-28-39-11-12-40-28/h5-7,13-15,23-24,28-29H,3-4,8-12,16-19,32H2,1-2H3,(H,36,37). The monoisotopic (exact) mass is 583 g/mol. The molecule has 1 amide bonds. The van der Waals surface area contributed by atoms with E-state index in [1.54, 1.807) is 12.0 Å². The van der Waals surface area contributed by atoms with E-state index in [-0.39, 0.29) is 25.5 Å². The van der Waals surface area contributed by atoms with Crippen molar-refractivity contribution in [2.24, 2.45) is 11.7 Å². The summed E-state index contributed by atoms with van der Waals surface area (Å²) in [6, 6.07) is 11.0. The topological polar surface area (TPSA) is 133 Å². The van der Waals surface area contributed by atoms with Crippen molar-refractivity contribution in [3.8, 4) is 17.2 Å². The highest BCUT2D eigenvalue weighted by Crippen LogP contribution is 2.47. The first-order chi connectivity index (χ1) is 20.4. The molecule has 3 atom stereocenters. The predicted molar refractivity (Wildman–Crippen MR) is 155 cm³/mol. The number of carbonyl (C=O) groups excluding carboxylic acids is 1. The van der Waals surface area contributed by atoms with E-state index in [1.165, 1.54) is 0 Å². The Morgan fingerprint density at radius 1 is 1.14 bits per heavy atom. The summed E-state index contributed by atoms with van der Waals surface area (Å²) in [6.45, 7) is 4.61. The second-order valence-electron chi connectivity index (χ2n) is 10.9. The maximum Gasteiger partial charge on any atom is 0.308 e. The first-order valence-electron chi connectivity index (χ1n) is 14.7. The van der Waals surface area contributed by atoms with E-state index >= 15 is 0 Å². The smallest absolute Gasteiger partial charge is 0.308 e. The van der Waals surface area contributed by atoms with Crippen LogP contribution in [0.25, 0.3) is 0 Å². The molecule has 3 aliphatic rings. The van der Waals surface area contributed by atoms with E-state index in [0.29, 0.717) is 62.9 Å². The number of likely N-dealkylation sites (tertiary alicyclic amines) is 1. The number of methoxy groups -OCH3 is 1. The van der Waals surface area contributed by atoms with Crippen molar-refractivity contribution in [2.45, 2.75) is 57.4 Å². The van der Waals surface area contributed by atoms with Crippen LogP contribution in [0.1, 0.15) is 49.7 Å². The van der Waals surface area contributed by atoms with Crippen LogP contribution in [0.2, 0.25) is 0 Å². The molecule has 2 aromatic rings. The third kappa shape index (κ3) is 6.49. The summed E-state index contributed by atoms with van der Waals surface area (Å²) in [5.74, 6) is -0.636. The van der Waals surface area contributed by atoms with Crippen LogP contribution in [0.15, 0.2) is 36.4 Å². The lowest BCUT2D eigenvalue weighted by molar-refractivity contribution is -0.143. The zero-order valence-corrected chi connectivity index (χ0v) is 24.3. The SMILES string of the molecule is CCCCN(C(=O)CN1CC(c2cc(OC)c3c(c2)OCO3)C(C(=O)O)C1CCC1OCCO1)c1cccc(CN)c1. The Morgan fingerprint density at radius 2 is 1.95 bits per heavy atom. The lowest BCUT2D eigenvalue weighted by Crippen LogP contribution is -2.44. The van der Waals surface area contributed by atoms with Crippen LogP contribution in [-0.4, -0.2) is 81.0 Å². The maximum atomic E-state index is 14.0. The van der Waals surface area contributed by atoms with E-state index in [4.69, 9.17) is 29.4 Å². The summed E-state index contributed by atoms with van der Waals surface area (Å²) in [6.07, 6.45) is 2.44. The summed E-state index contributed by atoms with van der Waals surface area (Å²) in [5.41, 5.74) is 8.40. The van der Waals surface area contributed by atoms with Crippen LogP contribution in [-0.2, 0) is 25.6 Å². The van der Waals surface area contributed by atoms with Gasteiger partial charge in [-0.05, 0) is 54.7 Å². The fourth-order valence-corrected chi connectivity index (χ4v) is 6.26. The van der Waals surface area contributed by atoms with Crippen LogP contribution in [0.3, 0.4) is 0 Å². The molecule has 0 radical (unpaired) electrons. The van der Waals surface area contributed by atoms with Gasteiger partial charge < -0.3 is 39.4 Å². The highest BCUT2D eigenvalue weighted by atomic mass is 16.7. The van der Waals surface area contributed by atoms with Crippen LogP contribution in [0, 0.1) is 5.92 Å². The van der Waals surface area contributed by atoms with Gasteiger partial charge in [0.15, 0.2) is 17.8 Å². The average molecular weight is 584 g/mol. The number of carboxylic acid groups (broad SMARTS) is 1. The van der Waals surface area contributed by atoms with Crippen molar-refractivity contribution < 1.29 is 38.4 Å². The molecule has 3 N–H and O–H groups in total. The predicted octanol–water partition coefficient (Wildman–Crippen LogP) is 3.34. The first-order valence-corrected chi connectivity index (χ1v) is 14.7. The van der Waals surface area contributed by atoms with Crippen molar-refractivity contribution in [1.29, 1.82) is 0 Å². The van der Waals surface area contributed by atoms with Crippen LogP contribution in [0.4, 0.5) is 5.69 Å². The number of benzene rings is 2. The Bertz CT molecular complexity index is 1250. The number of nitrogens with two attached hydrogens (primary N) is 1. The summed E-state index contributed by atoms with van der Waals surface area (Å²) >= 11 is 0. The number of rotatable bonds is 13. The second kappa shape index (κ2) is 13.7. The number of ether oxygens (including phenoxy) is 5. The van der Waals surface area contributed by atoms with Gasteiger partial charge in [0.1, 0.15) is 0 Å². The molecule has 2 saturated heterocycles. The van der Waals surface area contributed by atoms with Gasteiger partial charge in [-0.25, -0.2) is 0 Å². The number of hydrogen-bond acceptors (Lipinski definition) is 9. The minimum Gasteiger partial charge on any atom is -0.493 e. The highest BCUT2D eigenvalue weighted by molar-refractivity contribution is 5.95. The lowest BCUT2D eigenvalue weighted by atomic mass is 9.83. The summed E-state index contributed by atoms with van der Waals surface area (Å²) < 4.78 is 28.1. The zero-order chi connectivity index (χ0) is 29.6. The normalized spacial score (nSPS) is 22.0. The van der Waals surface area contributed by atoms with E-state index in [9.17, 15) is 14.7 Å². The van der Waals surface area contributed by atoms with Gasteiger partial charge in [0.2, 0.25) is 18.4 Å². The minimum absolute atomic E-state index is 0.0752. The number of unbranched alkanes of at least 4 members (excludes halogenated alkanes) is 1. The Kier molecular flexibility index (Phi) is 9.84. The second-order valence-corrected chi connectivity index (χ2v) is 10.9. The van der Waals surface area contributed by atoms with E-state index < -0.39 is 23.8 Å². The molecule has 11 heteroatoms. The lowest BCUT2D eigenvalue weighted by Gasteiger charge is -2.30. The molecule has 228 valence electrons. The van der Waals surface area contributed by atoms with Gasteiger partial charge >= 0.3 is 5.97 Å². The molecule has 42 heavy (non-hydrogen) atoms. The van der Waals surface area contributed by atoms with E-state index in [0.717, 1.165) is 29.7 Å². The third-order valence-electron chi connectivity index (χ3n) is 8.36. The van der Waals surface area contributed by atoms with Crippen LogP contribution in [0.5, 0.6) is 17.2 Å². The molecule has 11 nitrogen and oxygen atoms in total. The number of anilines is 1. The number of carbonyl (C=O) groups is 2. The molecule has 5 rings (SSSR count). The molecular formula is C31H41N3O8. The molecule has 0 bridgehead atoms. The van der Waals surface area contributed by atoms with Crippen molar-refractivity contribution in [1.82, 2.24) is 4.90 Å². The van der Waals surface area contributed by atoms with Gasteiger partial charge in [-0.15, -0.1) is 0 Å². The van der Waals surface area contributed by atoms with Gasteiger partial charge in [-0.2, -0.15) is 0 Å².